The standard InChI is InChI=1S/C30H28ClIN4O5S/c1-3-39-29(38)27-18(2)34-30(42)35-28(27)22-6-4-5-7-24(22)41-17-26(37)36-33-15-20-10-13-25(23(32)14-20)40-16-19-8-11-21(31)12-9-19/h4-15,28H,3,16-17H2,1-2H3,(H,36,37)(H2,34,35,42)/t28-/m1/s1. The molecule has 12 heteroatoms. The maximum absolute atomic E-state index is 12.7. The molecule has 9 nitrogen and oxygen atoms in total. The molecule has 0 aromatic heterocycles. The van der Waals surface area contributed by atoms with E-state index >= 15 is 0 Å². The second kappa shape index (κ2) is 15.0. The average Bonchev–Trinajstić information content (AvgIpc) is 2.96. The summed E-state index contributed by atoms with van der Waals surface area (Å²) >= 11 is 13.4. The molecule has 218 valence electrons. The number of nitrogens with one attached hydrogen (secondary N) is 3. The van der Waals surface area contributed by atoms with Crippen molar-refractivity contribution in [3.8, 4) is 11.5 Å². The highest BCUT2D eigenvalue weighted by Gasteiger charge is 2.32. The van der Waals surface area contributed by atoms with Crippen molar-refractivity contribution >= 4 is 69.6 Å². The summed E-state index contributed by atoms with van der Waals surface area (Å²) in [7, 11) is 0. The Morgan fingerprint density at radius 2 is 1.86 bits per heavy atom. The van der Waals surface area contributed by atoms with Crippen LogP contribution in [0.3, 0.4) is 0 Å². The summed E-state index contributed by atoms with van der Waals surface area (Å²) in [4.78, 5) is 25.2. The zero-order valence-electron chi connectivity index (χ0n) is 22.8. The van der Waals surface area contributed by atoms with Gasteiger partial charge in [-0.2, -0.15) is 5.10 Å². The number of benzene rings is 3. The van der Waals surface area contributed by atoms with Crippen LogP contribution in [0.5, 0.6) is 11.5 Å². The topological polar surface area (TPSA) is 110 Å². The Labute approximate surface area is 267 Å². The fourth-order valence-electron chi connectivity index (χ4n) is 4.07. The van der Waals surface area contributed by atoms with Crippen molar-refractivity contribution in [3.63, 3.8) is 0 Å². The molecule has 0 saturated heterocycles. The minimum atomic E-state index is -0.615. The third kappa shape index (κ3) is 8.43. The van der Waals surface area contributed by atoms with E-state index in [-0.39, 0.29) is 13.2 Å². The Bertz CT molecular complexity index is 1530. The van der Waals surface area contributed by atoms with Crippen LogP contribution in [-0.2, 0) is 20.9 Å². The minimum absolute atomic E-state index is 0.229. The molecule has 0 radical (unpaired) electrons. The minimum Gasteiger partial charge on any atom is -0.488 e. The Kier molecular flexibility index (Phi) is 11.2. The van der Waals surface area contributed by atoms with Crippen molar-refractivity contribution in [3.05, 3.63) is 103 Å². The molecule has 3 N–H and O–H groups in total. The van der Waals surface area contributed by atoms with Crippen molar-refractivity contribution in [2.45, 2.75) is 26.5 Å². The van der Waals surface area contributed by atoms with Gasteiger partial charge in [-0.1, -0.05) is 41.9 Å². The van der Waals surface area contributed by atoms with Gasteiger partial charge in [-0.25, -0.2) is 10.2 Å². The predicted molar refractivity (Wildman–Crippen MR) is 174 cm³/mol. The molecule has 42 heavy (non-hydrogen) atoms. The van der Waals surface area contributed by atoms with Gasteiger partial charge in [0, 0.05) is 16.3 Å². The number of hydrogen-bond acceptors (Lipinski definition) is 7. The van der Waals surface area contributed by atoms with E-state index in [1.807, 2.05) is 48.5 Å². The number of allylic oxidation sites excluding steroid dienone is 1. The van der Waals surface area contributed by atoms with Gasteiger partial charge in [-0.3, -0.25) is 4.79 Å². The van der Waals surface area contributed by atoms with Crippen LogP contribution in [-0.4, -0.2) is 36.4 Å². The number of carbonyl (C=O) groups excluding carboxylic acids is 2. The monoisotopic (exact) mass is 718 g/mol. The summed E-state index contributed by atoms with van der Waals surface area (Å²) in [6, 6.07) is 19.6. The smallest absolute Gasteiger partial charge is 0.338 e. The van der Waals surface area contributed by atoms with Crippen LogP contribution in [0.25, 0.3) is 0 Å². The molecule has 1 heterocycles. The van der Waals surface area contributed by atoms with Crippen molar-refractivity contribution in [1.29, 1.82) is 0 Å². The summed E-state index contributed by atoms with van der Waals surface area (Å²) in [5, 5.41) is 11.2. The zero-order valence-corrected chi connectivity index (χ0v) is 26.5. The van der Waals surface area contributed by atoms with Gasteiger partial charge in [0.05, 0.1) is 28.0 Å². The number of halogens is 2. The first kappa shape index (κ1) is 31.3. The average molecular weight is 719 g/mol. The lowest BCUT2D eigenvalue weighted by Crippen LogP contribution is -2.45. The molecule has 4 rings (SSSR count). The van der Waals surface area contributed by atoms with Crippen LogP contribution < -0.4 is 25.5 Å². The van der Waals surface area contributed by atoms with E-state index in [4.69, 9.17) is 38.0 Å². The summed E-state index contributed by atoms with van der Waals surface area (Å²) in [5.74, 6) is 0.223. The largest absolute Gasteiger partial charge is 0.488 e. The van der Waals surface area contributed by atoms with E-state index < -0.39 is 17.9 Å². The van der Waals surface area contributed by atoms with Crippen LogP contribution in [0, 0.1) is 3.57 Å². The third-order valence-corrected chi connectivity index (χ3v) is 7.33. The number of esters is 1. The molecule has 3 aromatic carbocycles. The molecular weight excluding hydrogens is 691 g/mol. The number of rotatable bonds is 11. The van der Waals surface area contributed by atoms with Crippen molar-refractivity contribution in [2.24, 2.45) is 5.10 Å². The van der Waals surface area contributed by atoms with E-state index in [1.165, 1.54) is 6.21 Å². The summed E-state index contributed by atoms with van der Waals surface area (Å²) < 4.78 is 17.9. The number of carbonyl (C=O) groups is 2. The highest BCUT2D eigenvalue weighted by Crippen LogP contribution is 2.33. The van der Waals surface area contributed by atoms with Gasteiger partial charge in [-0.15, -0.1) is 0 Å². The molecule has 0 fully saturated rings. The number of amides is 1. The molecule has 1 aliphatic heterocycles. The highest BCUT2D eigenvalue weighted by atomic mass is 127. The molecule has 0 bridgehead atoms. The normalized spacial score (nSPS) is 14.7. The highest BCUT2D eigenvalue weighted by molar-refractivity contribution is 14.1. The molecule has 1 aliphatic rings. The lowest BCUT2D eigenvalue weighted by Gasteiger charge is -2.30. The first-order valence-corrected chi connectivity index (χ1v) is 14.8. The third-order valence-electron chi connectivity index (χ3n) is 6.02. The summed E-state index contributed by atoms with van der Waals surface area (Å²) in [6.45, 7) is 3.84. The van der Waals surface area contributed by atoms with E-state index in [0.29, 0.717) is 39.3 Å². The zero-order chi connectivity index (χ0) is 30.1. The van der Waals surface area contributed by atoms with Gasteiger partial charge in [0.15, 0.2) is 11.7 Å². The van der Waals surface area contributed by atoms with Crippen molar-refractivity contribution in [2.75, 3.05) is 13.2 Å². The van der Waals surface area contributed by atoms with Gasteiger partial charge in [0.1, 0.15) is 18.1 Å². The Balaban J connectivity index is 1.34. The van der Waals surface area contributed by atoms with Gasteiger partial charge in [0.2, 0.25) is 0 Å². The predicted octanol–water partition coefficient (Wildman–Crippen LogP) is 5.41. The first-order chi connectivity index (χ1) is 20.2. The summed E-state index contributed by atoms with van der Waals surface area (Å²) in [5.41, 5.74) is 5.86. The van der Waals surface area contributed by atoms with Crippen LogP contribution >= 0.6 is 46.4 Å². The molecule has 0 spiro atoms. The Morgan fingerprint density at radius 3 is 2.60 bits per heavy atom. The van der Waals surface area contributed by atoms with Gasteiger partial charge < -0.3 is 24.8 Å². The van der Waals surface area contributed by atoms with Gasteiger partial charge in [0.25, 0.3) is 5.91 Å². The van der Waals surface area contributed by atoms with Crippen molar-refractivity contribution in [1.82, 2.24) is 16.1 Å². The second-order valence-electron chi connectivity index (χ2n) is 9.02. The molecule has 0 aliphatic carbocycles. The lowest BCUT2D eigenvalue weighted by atomic mass is 9.95. The number of nitrogens with zero attached hydrogens (tertiary/aromatic N) is 1. The van der Waals surface area contributed by atoms with E-state index in [9.17, 15) is 9.59 Å². The fraction of sp³-hybridized carbons (Fsp3) is 0.200. The number of hydrazone groups is 1. The van der Waals surface area contributed by atoms with Crippen molar-refractivity contribution < 1.29 is 23.8 Å². The number of thiocarbonyl (C=S) groups is 1. The van der Waals surface area contributed by atoms with Crippen LogP contribution in [0.1, 0.15) is 36.6 Å². The van der Waals surface area contributed by atoms with Crippen LogP contribution in [0.4, 0.5) is 0 Å². The second-order valence-corrected chi connectivity index (χ2v) is 11.0. The van der Waals surface area contributed by atoms with Gasteiger partial charge >= 0.3 is 5.97 Å². The number of para-hydroxylation sites is 1. The number of ether oxygens (including phenoxy) is 3. The Morgan fingerprint density at radius 1 is 1.10 bits per heavy atom. The van der Waals surface area contributed by atoms with Gasteiger partial charge in [-0.05, 0) is 96.2 Å². The molecular formula is C30H28ClIN4O5S. The van der Waals surface area contributed by atoms with E-state index in [0.717, 1.165) is 20.4 Å². The molecule has 0 unspecified atom stereocenters. The number of hydrogen-bond donors (Lipinski definition) is 3. The lowest BCUT2D eigenvalue weighted by molar-refractivity contribution is -0.139. The maximum Gasteiger partial charge on any atom is 0.338 e. The quantitative estimate of drug-likeness (QED) is 0.0795. The Hall–Kier alpha value is -3.68. The fourth-order valence-corrected chi connectivity index (χ4v) is 5.16. The molecule has 0 saturated carbocycles. The SMILES string of the molecule is CCOC(=O)C1=C(C)NC(=S)N[C@@H]1c1ccccc1OCC(=O)NN=Cc1ccc(OCc2ccc(Cl)cc2)c(I)c1. The van der Waals surface area contributed by atoms with Crippen LogP contribution in [0.2, 0.25) is 5.02 Å². The maximum atomic E-state index is 12.7. The van der Waals surface area contributed by atoms with E-state index in [2.05, 4.69) is 43.8 Å². The first-order valence-electron chi connectivity index (χ1n) is 12.9. The molecule has 1 atom stereocenters. The van der Waals surface area contributed by atoms with Crippen LogP contribution in [0.15, 0.2) is 83.1 Å². The molecule has 1 amide bonds. The van der Waals surface area contributed by atoms with E-state index in [1.54, 1.807) is 32.0 Å². The summed E-state index contributed by atoms with van der Waals surface area (Å²) in [6.07, 6.45) is 1.54. The molecule has 3 aromatic rings.